The van der Waals surface area contributed by atoms with Crippen molar-refractivity contribution in [3.63, 3.8) is 0 Å². The van der Waals surface area contributed by atoms with Gasteiger partial charge in [0.25, 0.3) is 0 Å². The Balaban J connectivity index is 2.37. The number of nitrogens with zero attached hydrogens (tertiary/aromatic N) is 2. The van der Waals surface area contributed by atoms with Crippen LogP contribution in [0.15, 0.2) is 4.52 Å². The zero-order chi connectivity index (χ0) is 12.7. The maximum atomic E-state index is 5.24. The van der Waals surface area contributed by atoms with E-state index in [-0.39, 0.29) is 0 Å². The van der Waals surface area contributed by atoms with E-state index in [0.717, 1.165) is 36.1 Å². The molecule has 4 nitrogen and oxygen atoms in total. The lowest BCUT2D eigenvalue weighted by Crippen LogP contribution is -2.26. The Morgan fingerprint density at radius 2 is 2.18 bits per heavy atom. The highest BCUT2D eigenvalue weighted by Gasteiger charge is 2.11. The first-order valence-electron chi connectivity index (χ1n) is 6.22. The second kappa shape index (κ2) is 7.71. The Bertz CT molecular complexity index is 310. The number of hydrogen-bond acceptors (Lipinski definition) is 5. The van der Waals surface area contributed by atoms with Crippen molar-refractivity contribution in [2.24, 2.45) is 5.92 Å². The van der Waals surface area contributed by atoms with Gasteiger partial charge in [-0.05, 0) is 25.1 Å². The van der Waals surface area contributed by atoms with Crippen LogP contribution in [0, 0.1) is 5.92 Å². The number of aromatic nitrogens is 2. The molecule has 0 radical (unpaired) electrons. The van der Waals surface area contributed by atoms with Gasteiger partial charge in [-0.2, -0.15) is 16.7 Å². The molecule has 0 aromatic carbocycles. The summed E-state index contributed by atoms with van der Waals surface area (Å²) in [5.74, 6) is 4.25. The van der Waals surface area contributed by atoms with Crippen LogP contribution in [0.4, 0.5) is 0 Å². The van der Waals surface area contributed by atoms with Gasteiger partial charge in [-0.1, -0.05) is 25.9 Å². The first-order valence-corrected chi connectivity index (χ1v) is 7.37. The molecular weight excluding hydrogens is 234 g/mol. The summed E-state index contributed by atoms with van der Waals surface area (Å²) in [7, 11) is 1.96. The molecule has 0 saturated carbocycles. The largest absolute Gasteiger partial charge is 0.339 e. The lowest BCUT2D eigenvalue weighted by atomic mass is 10.1. The summed E-state index contributed by atoms with van der Waals surface area (Å²) in [5, 5.41) is 7.23. The van der Waals surface area contributed by atoms with Crippen molar-refractivity contribution in [2.45, 2.75) is 45.4 Å². The molecule has 0 spiro atoms. The molecule has 17 heavy (non-hydrogen) atoms. The van der Waals surface area contributed by atoms with E-state index in [9.17, 15) is 0 Å². The molecule has 5 heteroatoms. The number of thioether (sulfide) groups is 1. The highest BCUT2D eigenvalue weighted by molar-refractivity contribution is 7.98. The van der Waals surface area contributed by atoms with Crippen LogP contribution in [0.2, 0.25) is 0 Å². The van der Waals surface area contributed by atoms with Crippen molar-refractivity contribution in [3.05, 3.63) is 11.7 Å². The van der Waals surface area contributed by atoms with Crippen LogP contribution in [0.5, 0.6) is 0 Å². The average Bonchev–Trinajstić information content (AvgIpc) is 2.73. The predicted octanol–water partition coefficient (Wildman–Crippen LogP) is 2.50. The highest BCUT2D eigenvalue weighted by Crippen LogP contribution is 2.13. The van der Waals surface area contributed by atoms with Crippen LogP contribution in [-0.2, 0) is 12.2 Å². The third-order valence-electron chi connectivity index (χ3n) is 2.51. The predicted molar refractivity (Wildman–Crippen MR) is 72.1 cm³/mol. The Labute approximate surface area is 108 Å². The van der Waals surface area contributed by atoms with E-state index >= 15 is 0 Å². The minimum atomic E-state index is 0.423. The normalized spacial score (nSPS) is 13.2. The summed E-state index contributed by atoms with van der Waals surface area (Å²) in [6, 6.07) is 0.423. The van der Waals surface area contributed by atoms with Crippen LogP contribution in [0.25, 0.3) is 0 Å². The van der Waals surface area contributed by atoms with Crippen molar-refractivity contribution in [1.29, 1.82) is 0 Å². The SMILES string of the molecule is CCC(Cc1nc(CSCC(C)C)no1)NC. The zero-order valence-electron chi connectivity index (χ0n) is 11.2. The van der Waals surface area contributed by atoms with E-state index in [1.54, 1.807) is 0 Å². The van der Waals surface area contributed by atoms with Gasteiger partial charge in [-0.3, -0.25) is 0 Å². The molecule has 0 aliphatic rings. The first-order chi connectivity index (χ1) is 8.15. The molecule has 1 rings (SSSR count). The number of hydrogen-bond donors (Lipinski definition) is 1. The third-order valence-corrected chi connectivity index (χ3v) is 3.88. The molecule has 0 fully saturated rings. The smallest absolute Gasteiger partial charge is 0.228 e. The standard InChI is InChI=1S/C12H23N3OS/c1-5-10(13-4)6-12-14-11(15-16-12)8-17-7-9(2)3/h9-10,13H,5-8H2,1-4H3. The van der Waals surface area contributed by atoms with Gasteiger partial charge in [-0.25, -0.2) is 0 Å². The fourth-order valence-electron chi connectivity index (χ4n) is 1.48. The van der Waals surface area contributed by atoms with Gasteiger partial charge in [0.2, 0.25) is 5.89 Å². The Morgan fingerprint density at radius 3 is 2.76 bits per heavy atom. The minimum Gasteiger partial charge on any atom is -0.339 e. The van der Waals surface area contributed by atoms with Gasteiger partial charge in [0.15, 0.2) is 5.82 Å². The number of rotatable bonds is 8. The molecule has 0 saturated heterocycles. The molecule has 1 aromatic heterocycles. The van der Waals surface area contributed by atoms with Gasteiger partial charge in [0.1, 0.15) is 0 Å². The van der Waals surface area contributed by atoms with Crippen molar-refractivity contribution < 1.29 is 4.52 Å². The molecule has 1 unspecified atom stereocenters. The van der Waals surface area contributed by atoms with E-state index in [4.69, 9.17) is 4.52 Å². The maximum Gasteiger partial charge on any atom is 0.228 e. The average molecular weight is 257 g/mol. The molecular formula is C12H23N3OS. The molecule has 1 atom stereocenters. The van der Waals surface area contributed by atoms with Crippen LogP contribution < -0.4 is 5.32 Å². The summed E-state index contributed by atoms with van der Waals surface area (Å²) >= 11 is 1.86. The molecule has 98 valence electrons. The van der Waals surface area contributed by atoms with Gasteiger partial charge in [0.05, 0.1) is 5.75 Å². The molecule has 1 heterocycles. The number of likely N-dealkylation sites (N-methyl/N-ethyl adjacent to an activating group) is 1. The van der Waals surface area contributed by atoms with E-state index < -0.39 is 0 Å². The fourth-order valence-corrected chi connectivity index (χ4v) is 2.37. The summed E-state index contributed by atoms with van der Waals surface area (Å²) < 4.78 is 5.24. The van der Waals surface area contributed by atoms with E-state index in [2.05, 4.69) is 36.2 Å². The van der Waals surface area contributed by atoms with Crippen LogP contribution >= 0.6 is 11.8 Å². The molecule has 1 N–H and O–H groups in total. The minimum absolute atomic E-state index is 0.423. The van der Waals surface area contributed by atoms with Crippen LogP contribution in [0.1, 0.15) is 38.9 Å². The topological polar surface area (TPSA) is 51.0 Å². The lowest BCUT2D eigenvalue weighted by molar-refractivity contribution is 0.356. The fraction of sp³-hybridized carbons (Fsp3) is 0.833. The van der Waals surface area contributed by atoms with Gasteiger partial charge >= 0.3 is 0 Å². The highest BCUT2D eigenvalue weighted by atomic mass is 32.2. The second-order valence-corrected chi connectivity index (χ2v) is 5.64. The monoisotopic (exact) mass is 257 g/mol. The van der Waals surface area contributed by atoms with Gasteiger partial charge in [-0.15, -0.1) is 0 Å². The summed E-state index contributed by atoms with van der Waals surface area (Å²) in [6.07, 6.45) is 1.88. The van der Waals surface area contributed by atoms with Gasteiger partial charge < -0.3 is 9.84 Å². The van der Waals surface area contributed by atoms with E-state index in [0.29, 0.717) is 12.0 Å². The zero-order valence-corrected chi connectivity index (χ0v) is 12.0. The van der Waals surface area contributed by atoms with E-state index in [1.807, 2.05) is 18.8 Å². The molecule has 0 aliphatic carbocycles. The third kappa shape index (κ3) is 5.55. The Morgan fingerprint density at radius 1 is 1.41 bits per heavy atom. The molecule has 0 aliphatic heterocycles. The van der Waals surface area contributed by atoms with Crippen molar-refractivity contribution in [1.82, 2.24) is 15.5 Å². The second-order valence-electron chi connectivity index (χ2n) is 4.61. The first kappa shape index (κ1) is 14.5. The summed E-state index contributed by atoms with van der Waals surface area (Å²) in [5.41, 5.74) is 0. The van der Waals surface area contributed by atoms with Crippen LogP contribution in [0.3, 0.4) is 0 Å². The summed E-state index contributed by atoms with van der Waals surface area (Å²) in [6.45, 7) is 6.58. The van der Waals surface area contributed by atoms with Crippen molar-refractivity contribution in [3.8, 4) is 0 Å². The summed E-state index contributed by atoms with van der Waals surface area (Å²) in [4.78, 5) is 4.40. The van der Waals surface area contributed by atoms with Crippen molar-refractivity contribution in [2.75, 3.05) is 12.8 Å². The Hall–Kier alpha value is -0.550. The lowest BCUT2D eigenvalue weighted by Gasteiger charge is -2.09. The Kier molecular flexibility index (Phi) is 6.58. The molecule has 1 aromatic rings. The van der Waals surface area contributed by atoms with Gasteiger partial charge in [0, 0.05) is 12.5 Å². The molecule has 0 bridgehead atoms. The molecule has 0 amide bonds. The number of nitrogens with one attached hydrogen (secondary N) is 1. The maximum absolute atomic E-state index is 5.24. The van der Waals surface area contributed by atoms with E-state index in [1.165, 1.54) is 0 Å². The van der Waals surface area contributed by atoms with Crippen molar-refractivity contribution >= 4 is 11.8 Å². The quantitative estimate of drug-likeness (QED) is 0.775. The van der Waals surface area contributed by atoms with Crippen LogP contribution in [-0.4, -0.2) is 29.0 Å².